The van der Waals surface area contributed by atoms with E-state index in [-0.39, 0.29) is 12.5 Å². The summed E-state index contributed by atoms with van der Waals surface area (Å²) < 4.78 is 10.5. The monoisotopic (exact) mass is 355 g/mol. The van der Waals surface area contributed by atoms with Crippen molar-refractivity contribution >= 4 is 17.8 Å². The summed E-state index contributed by atoms with van der Waals surface area (Å²) in [5.74, 6) is 0.708. The van der Waals surface area contributed by atoms with Gasteiger partial charge in [-0.15, -0.1) is 0 Å². The Bertz CT molecular complexity index is 766. The Morgan fingerprint density at radius 1 is 1.27 bits per heavy atom. The van der Waals surface area contributed by atoms with E-state index in [1.54, 1.807) is 25.4 Å². The van der Waals surface area contributed by atoms with Crippen molar-refractivity contribution < 1.29 is 19.1 Å². The van der Waals surface area contributed by atoms with Crippen LogP contribution in [0.5, 0.6) is 5.75 Å². The third-order valence-electron chi connectivity index (χ3n) is 4.21. The molecular weight excluding hydrogens is 334 g/mol. The normalized spacial score (nSPS) is 16.2. The molecular formula is C19H21N3O4. The molecule has 1 aromatic heterocycles. The first-order valence-electron chi connectivity index (χ1n) is 8.45. The molecule has 26 heavy (non-hydrogen) atoms. The molecule has 1 saturated heterocycles. The maximum atomic E-state index is 12.6. The van der Waals surface area contributed by atoms with Crippen molar-refractivity contribution in [1.82, 2.24) is 9.88 Å². The Morgan fingerprint density at radius 3 is 2.85 bits per heavy atom. The van der Waals surface area contributed by atoms with Crippen molar-refractivity contribution in [3.63, 3.8) is 0 Å². The van der Waals surface area contributed by atoms with Gasteiger partial charge in [0.2, 0.25) is 5.91 Å². The number of hydrogen-bond acceptors (Lipinski definition) is 5. The lowest BCUT2D eigenvalue weighted by Gasteiger charge is -2.23. The zero-order valence-corrected chi connectivity index (χ0v) is 14.6. The predicted molar refractivity (Wildman–Crippen MR) is 95.8 cm³/mol. The van der Waals surface area contributed by atoms with Gasteiger partial charge < -0.3 is 14.8 Å². The molecule has 1 aliphatic heterocycles. The molecule has 1 fully saturated rings. The molecule has 0 unspecified atom stereocenters. The van der Waals surface area contributed by atoms with Crippen LogP contribution in [-0.2, 0) is 16.1 Å². The fourth-order valence-electron chi connectivity index (χ4n) is 2.88. The summed E-state index contributed by atoms with van der Waals surface area (Å²) >= 11 is 0. The quantitative estimate of drug-likeness (QED) is 0.892. The van der Waals surface area contributed by atoms with Gasteiger partial charge in [0, 0.05) is 18.8 Å². The van der Waals surface area contributed by atoms with Crippen LogP contribution in [-0.4, -0.2) is 41.6 Å². The highest BCUT2D eigenvalue weighted by Gasteiger charge is 2.35. The van der Waals surface area contributed by atoms with E-state index in [0.29, 0.717) is 24.5 Å². The van der Waals surface area contributed by atoms with Crippen molar-refractivity contribution in [2.75, 3.05) is 19.0 Å². The third kappa shape index (κ3) is 4.30. The van der Waals surface area contributed by atoms with Gasteiger partial charge in [-0.25, -0.2) is 9.78 Å². The molecule has 7 heteroatoms. The van der Waals surface area contributed by atoms with E-state index in [1.807, 2.05) is 30.3 Å². The minimum absolute atomic E-state index is 0.182. The summed E-state index contributed by atoms with van der Waals surface area (Å²) in [6.07, 6.45) is 2.42. The number of carbonyl (C=O) groups is 2. The maximum absolute atomic E-state index is 12.6. The minimum atomic E-state index is -0.564. The van der Waals surface area contributed by atoms with E-state index in [1.165, 1.54) is 4.90 Å². The largest absolute Gasteiger partial charge is 0.497 e. The van der Waals surface area contributed by atoms with E-state index in [2.05, 4.69) is 10.3 Å². The van der Waals surface area contributed by atoms with Crippen LogP contribution in [0, 0.1) is 0 Å². The van der Waals surface area contributed by atoms with Crippen LogP contribution in [0.3, 0.4) is 0 Å². The minimum Gasteiger partial charge on any atom is -0.497 e. The topological polar surface area (TPSA) is 80.8 Å². The van der Waals surface area contributed by atoms with Gasteiger partial charge in [0.05, 0.1) is 7.11 Å². The maximum Gasteiger partial charge on any atom is 0.410 e. The second kappa shape index (κ2) is 8.33. The van der Waals surface area contributed by atoms with E-state index < -0.39 is 12.1 Å². The summed E-state index contributed by atoms with van der Waals surface area (Å²) in [5.41, 5.74) is 0.904. The van der Waals surface area contributed by atoms with Crippen molar-refractivity contribution in [3.05, 3.63) is 54.2 Å². The standard InChI is InChI=1S/C19H21N3O4/c1-25-15-9-10-20-17(12-15)21-18(23)16-8-5-11-22(16)19(24)26-13-14-6-3-2-4-7-14/h2-4,6-7,9-10,12,16H,5,8,11,13H2,1H3,(H,20,21,23)/t16-/m0/s1. The number of nitrogens with one attached hydrogen (secondary N) is 1. The number of likely N-dealkylation sites (tertiary alicyclic amines) is 1. The summed E-state index contributed by atoms with van der Waals surface area (Å²) in [6, 6.07) is 12.2. The van der Waals surface area contributed by atoms with E-state index in [0.717, 1.165) is 12.0 Å². The Kier molecular flexibility index (Phi) is 5.68. The highest BCUT2D eigenvalue weighted by Crippen LogP contribution is 2.21. The van der Waals surface area contributed by atoms with Gasteiger partial charge in [-0.05, 0) is 24.5 Å². The number of anilines is 1. The Morgan fingerprint density at radius 2 is 2.08 bits per heavy atom. The molecule has 0 spiro atoms. The van der Waals surface area contributed by atoms with Crippen LogP contribution in [0.4, 0.5) is 10.6 Å². The molecule has 1 aromatic carbocycles. The molecule has 1 N–H and O–H groups in total. The Balaban J connectivity index is 1.59. The second-order valence-corrected chi connectivity index (χ2v) is 5.96. The average molecular weight is 355 g/mol. The zero-order valence-electron chi connectivity index (χ0n) is 14.6. The number of hydrogen-bond donors (Lipinski definition) is 1. The molecule has 2 aromatic rings. The predicted octanol–water partition coefficient (Wildman–Crippen LogP) is 2.83. The number of methoxy groups -OCH3 is 1. The van der Waals surface area contributed by atoms with Gasteiger partial charge in [-0.2, -0.15) is 0 Å². The first-order chi connectivity index (χ1) is 12.7. The van der Waals surface area contributed by atoms with Gasteiger partial charge in [-0.3, -0.25) is 9.69 Å². The lowest BCUT2D eigenvalue weighted by molar-refractivity contribution is -0.120. The fraction of sp³-hybridized carbons (Fsp3) is 0.316. The summed E-state index contributed by atoms with van der Waals surface area (Å²) in [4.78, 5) is 30.5. The molecule has 0 radical (unpaired) electrons. The van der Waals surface area contributed by atoms with Crippen LogP contribution in [0.15, 0.2) is 48.7 Å². The lowest BCUT2D eigenvalue weighted by Crippen LogP contribution is -2.43. The molecule has 0 saturated carbocycles. The molecule has 0 bridgehead atoms. The summed E-state index contributed by atoms with van der Waals surface area (Å²) in [7, 11) is 1.54. The SMILES string of the molecule is COc1ccnc(NC(=O)[C@@H]2CCCN2C(=O)OCc2ccccc2)c1. The van der Waals surface area contributed by atoms with Crippen LogP contribution < -0.4 is 10.1 Å². The number of carbonyl (C=O) groups excluding carboxylic acids is 2. The van der Waals surface area contributed by atoms with E-state index in [9.17, 15) is 9.59 Å². The van der Waals surface area contributed by atoms with E-state index in [4.69, 9.17) is 9.47 Å². The summed E-state index contributed by atoms with van der Waals surface area (Å²) in [6.45, 7) is 0.680. The number of nitrogens with zero attached hydrogens (tertiary/aromatic N) is 2. The number of amides is 2. The molecule has 2 amide bonds. The zero-order chi connectivity index (χ0) is 18.4. The number of rotatable bonds is 5. The third-order valence-corrected chi connectivity index (χ3v) is 4.21. The van der Waals surface area contributed by atoms with Crippen molar-refractivity contribution in [2.24, 2.45) is 0 Å². The molecule has 7 nitrogen and oxygen atoms in total. The van der Waals surface area contributed by atoms with Crippen LogP contribution in [0.1, 0.15) is 18.4 Å². The molecule has 136 valence electrons. The molecule has 0 aliphatic carbocycles. The lowest BCUT2D eigenvalue weighted by atomic mass is 10.2. The second-order valence-electron chi connectivity index (χ2n) is 5.96. The van der Waals surface area contributed by atoms with Crippen molar-refractivity contribution in [3.8, 4) is 5.75 Å². The molecule has 1 atom stereocenters. The number of aromatic nitrogens is 1. The van der Waals surface area contributed by atoms with Crippen LogP contribution in [0.25, 0.3) is 0 Å². The van der Waals surface area contributed by atoms with Gasteiger partial charge >= 0.3 is 6.09 Å². The van der Waals surface area contributed by atoms with Crippen LogP contribution in [0.2, 0.25) is 0 Å². The van der Waals surface area contributed by atoms with Gasteiger partial charge in [0.15, 0.2) is 0 Å². The molecule has 3 rings (SSSR count). The average Bonchev–Trinajstić information content (AvgIpc) is 3.17. The van der Waals surface area contributed by atoms with Crippen molar-refractivity contribution in [1.29, 1.82) is 0 Å². The van der Waals surface area contributed by atoms with Gasteiger partial charge in [0.1, 0.15) is 24.2 Å². The van der Waals surface area contributed by atoms with Gasteiger partial charge in [-0.1, -0.05) is 30.3 Å². The molecule has 1 aliphatic rings. The smallest absolute Gasteiger partial charge is 0.410 e. The first-order valence-corrected chi connectivity index (χ1v) is 8.45. The number of pyridine rings is 1. The number of benzene rings is 1. The highest BCUT2D eigenvalue weighted by atomic mass is 16.6. The fourth-order valence-corrected chi connectivity index (χ4v) is 2.88. The highest BCUT2D eigenvalue weighted by molar-refractivity contribution is 5.96. The Hall–Kier alpha value is -3.09. The Labute approximate surface area is 151 Å². The number of ether oxygens (including phenoxy) is 2. The van der Waals surface area contributed by atoms with Crippen LogP contribution >= 0.6 is 0 Å². The molecule has 2 heterocycles. The van der Waals surface area contributed by atoms with E-state index >= 15 is 0 Å². The first kappa shape index (κ1) is 17.7. The summed E-state index contributed by atoms with van der Waals surface area (Å²) in [5, 5.41) is 2.74. The van der Waals surface area contributed by atoms with Gasteiger partial charge in [0.25, 0.3) is 0 Å². The van der Waals surface area contributed by atoms with Crippen molar-refractivity contribution in [2.45, 2.75) is 25.5 Å².